The molecule has 19 heavy (non-hydrogen) atoms. The van der Waals surface area contributed by atoms with Crippen molar-refractivity contribution in [3.8, 4) is 0 Å². The van der Waals surface area contributed by atoms with Gasteiger partial charge in [0.05, 0.1) is 17.3 Å². The molecule has 0 aromatic carbocycles. The molecule has 1 atom stereocenters. The Kier molecular flexibility index (Phi) is 5.28. The van der Waals surface area contributed by atoms with E-state index in [4.69, 9.17) is 0 Å². The molecular formula is C10H21ClN2O4S2. The van der Waals surface area contributed by atoms with Gasteiger partial charge in [0.2, 0.25) is 10.0 Å². The first-order valence-corrected chi connectivity index (χ1v) is 9.58. The summed E-state index contributed by atoms with van der Waals surface area (Å²) in [7, 11) is -4.75. The van der Waals surface area contributed by atoms with Gasteiger partial charge in [-0.15, -0.1) is 12.4 Å². The first kappa shape index (κ1) is 17.2. The van der Waals surface area contributed by atoms with E-state index in [9.17, 15) is 16.8 Å². The summed E-state index contributed by atoms with van der Waals surface area (Å²) in [5, 5.41) is 3.22. The molecule has 2 aliphatic rings. The molecule has 9 heteroatoms. The summed E-state index contributed by atoms with van der Waals surface area (Å²) >= 11 is 0. The van der Waals surface area contributed by atoms with Crippen LogP contribution >= 0.6 is 12.4 Å². The van der Waals surface area contributed by atoms with Gasteiger partial charge in [-0.3, -0.25) is 0 Å². The number of sulfone groups is 1. The van der Waals surface area contributed by atoms with Crippen LogP contribution in [0, 0.1) is 11.3 Å². The average molecular weight is 333 g/mol. The monoisotopic (exact) mass is 332 g/mol. The van der Waals surface area contributed by atoms with Crippen LogP contribution in [0.1, 0.15) is 12.8 Å². The molecule has 0 bridgehead atoms. The maximum absolute atomic E-state index is 11.7. The number of hydrogen-bond acceptors (Lipinski definition) is 5. The fourth-order valence-electron chi connectivity index (χ4n) is 2.97. The third-order valence-electron chi connectivity index (χ3n) is 4.29. The highest BCUT2D eigenvalue weighted by molar-refractivity contribution is 7.91. The molecule has 1 unspecified atom stereocenters. The van der Waals surface area contributed by atoms with E-state index in [2.05, 4.69) is 10.0 Å². The van der Waals surface area contributed by atoms with Crippen LogP contribution in [0.2, 0.25) is 0 Å². The van der Waals surface area contributed by atoms with E-state index in [0.29, 0.717) is 19.4 Å². The van der Waals surface area contributed by atoms with Gasteiger partial charge in [-0.05, 0) is 37.8 Å². The molecular weight excluding hydrogens is 312 g/mol. The molecule has 6 nitrogen and oxygen atoms in total. The molecule has 114 valence electrons. The van der Waals surface area contributed by atoms with E-state index in [1.54, 1.807) is 0 Å². The molecule has 2 fully saturated rings. The molecule has 0 radical (unpaired) electrons. The molecule has 2 aliphatic heterocycles. The van der Waals surface area contributed by atoms with Crippen molar-refractivity contribution in [2.45, 2.75) is 12.8 Å². The van der Waals surface area contributed by atoms with Crippen molar-refractivity contribution in [2.75, 3.05) is 37.4 Å². The summed E-state index contributed by atoms with van der Waals surface area (Å²) in [6.07, 6.45) is 1.15. The second-order valence-electron chi connectivity index (χ2n) is 5.33. The van der Waals surface area contributed by atoms with Crippen LogP contribution in [-0.4, -0.2) is 54.2 Å². The number of hydrogen-bond donors (Lipinski definition) is 2. The van der Waals surface area contributed by atoms with Gasteiger partial charge in [0, 0.05) is 6.54 Å². The summed E-state index contributed by atoms with van der Waals surface area (Å²) in [5.41, 5.74) is -0.157. The third kappa shape index (κ3) is 3.81. The Hall–Kier alpha value is 0.110. The average Bonchev–Trinajstić information content (AvgIpc) is 2.66. The van der Waals surface area contributed by atoms with Gasteiger partial charge < -0.3 is 5.32 Å². The van der Waals surface area contributed by atoms with Crippen molar-refractivity contribution in [1.82, 2.24) is 10.0 Å². The predicted octanol–water partition coefficient (Wildman–Crippen LogP) is -0.628. The van der Waals surface area contributed by atoms with Crippen LogP contribution < -0.4 is 10.0 Å². The molecule has 0 aromatic heterocycles. The summed E-state index contributed by atoms with van der Waals surface area (Å²) in [6, 6.07) is 0. The second-order valence-corrected chi connectivity index (χ2v) is 9.60. The summed E-state index contributed by atoms with van der Waals surface area (Å²) in [6.45, 7) is 1.38. The number of halogens is 1. The van der Waals surface area contributed by atoms with Gasteiger partial charge in [-0.1, -0.05) is 0 Å². The Morgan fingerprint density at radius 1 is 1.32 bits per heavy atom. The van der Waals surface area contributed by atoms with E-state index in [1.165, 1.54) is 7.05 Å². The third-order valence-corrected chi connectivity index (χ3v) is 7.40. The van der Waals surface area contributed by atoms with E-state index < -0.39 is 19.9 Å². The zero-order valence-electron chi connectivity index (χ0n) is 10.9. The van der Waals surface area contributed by atoms with Crippen molar-refractivity contribution in [2.24, 2.45) is 11.3 Å². The highest BCUT2D eigenvalue weighted by Crippen LogP contribution is 2.42. The van der Waals surface area contributed by atoms with Crippen molar-refractivity contribution < 1.29 is 16.8 Å². The minimum Gasteiger partial charge on any atom is -0.316 e. The standard InChI is InChI=1S/C10H20N2O4S2.ClH/c1-11-18(15,16)7-9-6-12-8-10(9)2-4-17(13,14)5-3-10;/h9,11-12H,2-8H2,1H3;1H. The normalized spacial score (nSPS) is 29.0. The molecule has 1 spiro atoms. The summed E-state index contributed by atoms with van der Waals surface area (Å²) < 4.78 is 48.6. The summed E-state index contributed by atoms with van der Waals surface area (Å²) in [4.78, 5) is 0. The van der Waals surface area contributed by atoms with Crippen molar-refractivity contribution in [3.63, 3.8) is 0 Å². The predicted molar refractivity (Wildman–Crippen MR) is 76.8 cm³/mol. The number of nitrogens with one attached hydrogen (secondary N) is 2. The molecule has 0 amide bonds. The topological polar surface area (TPSA) is 92.3 Å². The Morgan fingerprint density at radius 3 is 2.42 bits per heavy atom. The van der Waals surface area contributed by atoms with Crippen molar-refractivity contribution in [1.29, 1.82) is 0 Å². The number of sulfonamides is 1. The maximum atomic E-state index is 11.7. The van der Waals surface area contributed by atoms with Gasteiger partial charge in [0.1, 0.15) is 9.84 Å². The maximum Gasteiger partial charge on any atom is 0.211 e. The lowest BCUT2D eigenvalue weighted by Crippen LogP contribution is -2.42. The lowest BCUT2D eigenvalue weighted by molar-refractivity contribution is 0.216. The van der Waals surface area contributed by atoms with E-state index in [1.807, 2.05) is 0 Å². The van der Waals surface area contributed by atoms with Gasteiger partial charge >= 0.3 is 0 Å². The Labute approximate surface area is 121 Å². The molecule has 2 rings (SSSR count). The van der Waals surface area contributed by atoms with Crippen LogP contribution in [0.15, 0.2) is 0 Å². The fraction of sp³-hybridized carbons (Fsp3) is 1.00. The molecule has 2 saturated heterocycles. The zero-order chi connectivity index (χ0) is 13.4. The van der Waals surface area contributed by atoms with Crippen LogP contribution in [0.3, 0.4) is 0 Å². The van der Waals surface area contributed by atoms with Crippen LogP contribution in [0.4, 0.5) is 0 Å². The number of rotatable bonds is 3. The highest BCUT2D eigenvalue weighted by atomic mass is 35.5. The minimum atomic E-state index is -3.25. The lowest BCUT2D eigenvalue weighted by atomic mass is 9.74. The van der Waals surface area contributed by atoms with Crippen molar-refractivity contribution >= 4 is 32.3 Å². The molecule has 2 N–H and O–H groups in total. The largest absolute Gasteiger partial charge is 0.316 e. The fourth-order valence-corrected chi connectivity index (χ4v) is 5.78. The lowest BCUT2D eigenvalue weighted by Gasteiger charge is -2.37. The summed E-state index contributed by atoms with van der Waals surface area (Å²) in [5.74, 6) is 0.456. The first-order chi connectivity index (χ1) is 8.29. The van der Waals surface area contributed by atoms with E-state index in [0.717, 1.165) is 6.54 Å². The Bertz CT molecular complexity index is 504. The van der Waals surface area contributed by atoms with Crippen molar-refractivity contribution in [3.05, 3.63) is 0 Å². The van der Waals surface area contributed by atoms with Gasteiger partial charge in [-0.2, -0.15) is 0 Å². The smallest absolute Gasteiger partial charge is 0.211 e. The highest BCUT2D eigenvalue weighted by Gasteiger charge is 2.47. The van der Waals surface area contributed by atoms with Gasteiger partial charge in [-0.25, -0.2) is 21.6 Å². The quantitative estimate of drug-likeness (QED) is 0.718. The van der Waals surface area contributed by atoms with Crippen LogP contribution in [0.25, 0.3) is 0 Å². The Morgan fingerprint density at radius 2 is 1.89 bits per heavy atom. The van der Waals surface area contributed by atoms with E-state index >= 15 is 0 Å². The van der Waals surface area contributed by atoms with Crippen LogP contribution in [0.5, 0.6) is 0 Å². The second kappa shape index (κ2) is 5.85. The molecule has 0 aromatic rings. The van der Waals surface area contributed by atoms with E-state index in [-0.39, 0.29) is 41.0 Å². The molecule has 0 saturated carbocycles. The first-order valence-electron chi connectivity index (χ1n) is 6.11. The Balaban J connectivity index is 0.00000180. The molecule has 0 aliphatic carbocycles. The molecule has 2 heterocycles. The van der Waals surface area contributed by atoms with Gasteiger partial charge in [0.25, 0.3) is 0 Å². The SMILES string of the molecule is CNS(=O)(=O)CC1CNCC12CCS(=O)(=O)CC2.Cl. The zero-order valence-corrected chi connectivity index (χ0v) is 13.3. The minimum absolute atomic E-state index is 0. The van der Waals surface area contributed by atoms with Crippen LogP contribution in [-0.2, 0) is 19.9 Å². The van der Waals surface area contributed by atoms with Gasteiger partial charge in [0.15, 0.2) is 0 Å².